The molecular weight excluding hydrogens is 979 g/mol. The second-order valence-corrected chi connectivity index (χ2v) is 20.1. The van der Waals surface area contributed by atoms with Crippen LogP contribution in [0, 0.1) is 24.0 Å². The van der Waals surface area contributed by atoms with E-state index in [0.717, 1.165) is 68.4 Å². The van der Waals surface area contributed by atoms with Crippen LogP contribution in [0.5, 0.6) is 11.8 Å². The number of imide groups is 1. The number of benzene rings is 3. The van der Waals surface area contributed by atoms with Crippen molar-refractivity contribution >= 4 is 63.6 Å². The summed E-state index contributed by atoms with van der Waals surface area (Å²) in [5, 5.41) is 23.6. The van der Waals surface area contributed by atoms with E-state index in [1.807, 2.05) is 0 Å². The molecule has 76 heavy (non-hydrogen) atoms. The molecular formula is C56H62F2N10O8. The number of unbranched alkanes of at least 4 members (excludes halogenated alkanes) is 2. The minimum absolute atomic E-state index is 0.0323. The van der Waals surface area contributed by atoms with E-state index < -0.39 is 35.4 Å². The fourth-order valence-corrected chi connectivity index (χ4v) is 11.7. The monoisotopic (exact) mass is 1040 g/mol. The molecule has 2 bridgehead atoms. The number of nitrogens with zero attached hydrogens (tertiary/aromatic N) is 6. The standard InChI is InChI=1S/C36H36F2N6O3.C20H26N4O5/c1-4-26-29(37)8-5-21-11-25(45)12-27(30(21)26)32-31(38)33-28(14-39-32)34(43-16-22-6-7-23(17-43)40-22)42-35(41-33)47-19-36-10-9-24(18-46-3)44(36)15-20(2)13-36;1-21-18(27)16(9-6-12-25)24-19(28)14-7-5-8-15(17(14)20(24)29)23-11-4-2-3-10-22-13-26/h1,5,8,11-12,14,22-24,40,45H,2,6-7,9-10,13,15-19H2,3H3;5,7-8,12-13,16,23H,2-4,6,9-11H2,1H3,(H,21,27)(H,22,26)/t22?,23?,24?,36-;/m0./s1. The topological polar surface area (TPSA) is 221 Å². The molecule has 4 amide bonds. The molecule has 0 aliphatic carbocycles. The molecule has 2 aromatic heterocycles. The molecule has 20 heteroatoms. The number of ether oxygens (including phenoxy) is 2. The van der Waals surface area contributed by atoms with Gasteiger partial charge in [-0.1, -0.05) is 30.2 Å². The quantitative estimate of drug-likeness (QED) is 0.0209. The summed E-state index contributed by atoms with van der Waals surface area (Å²) in [4.78, 5) is 78.6. The highest BCUT2D eigenvalue weighted by atomic mass is 19.1. The normalized spacial score (nSPS) is 21.0. The largest absolute Gasteiger partial charge is 0.508 e. The minimum atomic E-state index is -1.03. The van der Waals surface area contributed by atoms with Gasteiger partial charge in [-0.15, -0.1) is 6.42 Å². The van der Waals surface area contributed by atoms with E-state index in [9.17, 15) is 33.5 Å². The average Bonchev–Trinajstić information content (AvgIpc) is 4.18. The number of pyridine rings is 1. The van der Waals surface area contributed by atoms with Crippen LogP contribution >= 0.6 is 0 Å². The Morgan fingerprint density at radius 2 is 1.84 bits per heavy atom. The van der Waals surface area contributed by atoms with E-state index in [2.05, 4.69) is 53.5 Å². The van der Waals surface area contributed by atoms with Gasteiger partial charge in [0.05, 0.1) is 34.2 Å². The molecule has 10 rings (SSSR count). The van der Waals surface area contributed by atoms with Gasteiger partial charge in [0.15, 0.2) is 5.82 Å². The van der Waals surface area contributed by atoms with Gasteiger partial charge in [0.1, 0.15) is 47.5 Å². The smallest absolute Gasteiger partial charge is 0.319 e. The van der Waals surface area contributed by atoms with Gasteiger partial charge in [0.25, 0.3) is 11.8 Å². The lowest BCUT2D eigenvalue weighted by Crippen LogP contribution is -2.51. The Morgan fingerprint density at radius 3 is 2.58 bits per heavy atom. The predicted octanol–water partition coefficient (Wildman–Crippen LogP) is 5.64. The number of phenolic OH excluding ortho intramolecular Hbond substituents is 1. The number of rotatable bonds is 20. The number of hydrogen-bond acceptors (Lipinski definition) is 15. The Kier molecular flexibility index (Phi) is 16.2. The highest BCUT2D eigenvalue weighted by molar-refractivity contribution is 6.25. The summed E-state index contributed by atoms with van der Waals surface area (Å²) < 4.78 is 43.7. The number of aromatic nitrogens is 3. The molecule has 4 unspecified atom stereocenters. The lowest BCUT2D eigenvalue weighted by Gasteiger charge is -2.35. The molecule has 0 spiro atoms. The van der Waals surface area contributed by atoms with E-state index in [1.54, 1.807) is 31.5 Å². The van der Waals surface area contributed by atoms with Gasteiger partial charge in [-0.05, 0) is 93.5 Å². The second kappa shape index (κ2) is 23.1. The molecule has 4 saturated heterocycles. The first kappa shape index (κ1) is 53.2. The first-order chi connectivity index (χ1) is 36.8. The van der Waals surface area contributed by atoms with Crippen LogP contribution in [-0.2, 0) is 19.1 Å². The molecule has 18 nitrogen and oxygen atoms in total. The van der Waals surface area contributed by atoms with Crippen LogP contribution in [0.1, 0.15) is 90.5 Å². The van der Waals surface area contributed by atoms with Crippen molar-refractivity contribution in [1.82, 2.24) is 40.7 Å². The number of fused-ring (bicyclic) bond motifs is 6. The van der Waals surface area contributed by atoms with E-state index >= 15 is 4.39 Å². The number of hydrogen-bond donors (Lipinski definition) is 5. The summed E-state index contributed by atoms with van der Waals surface area (Å²) in [5.41, 5.74) is 1.99. The zero-order valence-electron chi connectivity index (χ0n) is 42.6. The Hall–Kier alpha value is -7.60. The molecule has 398 valence electrons. The van der Waals surface area contributed by atoms with Crippen molar-refractivity contribution in [3.8, 4) is 35.4 Å². The van der Waals surface area contributed by atoms with Crippen LogP contribution in [0.3, 0.4) is 0 Å². The molecule has 0 saturated carbocycles. The van der Waals surface area contributed by atoms with Crippen molar-refractivity contribution in [2.45, 2.75) is 93.9 Å². The van der Waals surface area contributed by atoms with Gasteiger partial charge >= 0.3 is 6.01 Å². The lowest BCUT2D eigenvalue weighted by molar-refractivity contribution is -0.124. The first-order valence-corrected chi connectivity index (χ1v) is 25.7. The first-order valence-electron chi connectivity index (χ1n) is 25.7. The summed E-state index contributed by atoms with van der Waals surface area (Å²) in [6, 6.07) is 10.5. The summed E-state index contributed by atoms with van der Waals surface area (Å²) in [7, 11) is 3.14. The highest BCUT2D eigenvalue weighted by Crippen LogP contribution is 2.45. The number of aromatic hydroxyl groups is 1. The summed E-state index contributed by atoms with van der Waals surface area (Å²) >= 11 is 0. The zero-order valence-corrected chi connectivity index (χ0v) is 42.6. The summed E-state index contributed by atoms with van der Waals surface area (Å²) in [5.74, 6) is -0.0875. The Bertz CT molecular complexity index is 3120. The van der Waals surface area contributed by atoms with Crippen LogP contribution in [0.15, 0.2) is 60.8 Å². The number of halogens is 2. The number of anilines is 2. The van der Waals surface area contributed by atoms with Gasteiger partial charge in [-0.2, -0.15) is 9.97 Å². The maximum absolute atomic E-state index is 16.9. The fourth-order valence-electron chi connectivity index (χ4n) is 11.7. The fraction of sp³-hybridized carbons (Fsp3) is 0.429. The van der Waals surface area contributed by atoms with Gasteiger partial charge in [-0.25, -0.2) is 8.78 Å². The molecule has 5 atom stereocenters. The van der Waals surface area contributed by atoms with Crippen molar-refractivity contribution in [2.24, 2.45) is 0 Å². The van der Waals surface area contributed by atoms with Crippen LogP contribution in [0.4, 0.5) is 20.3 Å². The van der Waals surface area contributed by atoms with E-state index in [0.29, 0.717) is 86.5 Å². The lowest BCUT2D eigenvalue weighted by atomic mass is 9.94. The highest BCUT2D eigenvalue weighted by Gasteiger charge is 2.51. The number of carbonyl (C=O) groups excluding carboxylic acids is 5. The molecule has 5 aliphatic rings. The van der Waals surface area contributed by atoms with Crippen LogP contribution < -0.4 is 30.9 Å². The summed E-state index contributed by atoms with van der Waals surface area (Å²) in [6.45, 7) is 8.66. The van der Waals surface area contributed by atoms with Gasteiger partial charge in [0.2, 0.25) is 12.3 Å². The summed E-state index contributed by atoms with van der Waals surface area (Å²) in [6.07, 6.45) is 16.1. The van der Waals surface area contributed by atoms with E-state index in [1.165, 1.54) is 31.3 Å². The number of terminal acetylenes is 1. The maximum Gasteiger partial charge on any atom is 0.319 e. The number of amides is 4. The second-order valence-electron chi connectivity index (χ2n) is 20.1. The number of phenols is 1. The van der Waals surface area contributed by atoms with Crippen molar-refractivity contribution in [2.75, 3.05) is 70.3 Å². The van der Waals surface area contributed by atoms with Crippen LogP contribution in [0.25, 0.3) is 32.9 Å². The third kappa shape index (κ3) is 10.5. The maximum atomic E-state index is 16.9. The Morgan fingerprint density at radius 1 is 1.05 bits per heavy atom. The van der Waals surface area contributed by atoms with E-state index in [4.69, 9.17) is 20.9 Å². The molecule has 3 aromatic carbocycles. The number of methoxy groups -OCH3 is 1. The number of carbonyl (C=O) groups is 5. The average molecular weight is 1040 g/mol. The van der Waals surface area contributed by atoms with Crippen molar-refractivity contribution in [3.63, 3.8) is 0 Å². The van der Waals surface area contributed by atoms with Gasteiger partial charge < -0.3 is 45.5 Å². The molecule has 5 aliphatic heterocycles. The molecule has 0 radical (unpaired) electrons. The number of piperazine rings is 1. The van der Waals surface area contributed by atoms with E-state index in [-0.39, 0.29) is 75.0 Å². The number of likely N-dealkylation sites (N-methyl/N-ethyl adjacent to an activating group) is 1. The molecule has 7 heterocycles. The molecule has 5 aromatic rings. The van der Waals surface area contributed by atoms with Gasteiger partial charge in [-0.3, -0.25) is 34.0 Å². The third-order valence-electron chi connectivity index (χ3n) is 15.2. The van der Waals surface area contributed by atoms with Crippen LogP contribution in [-0.4, -0.2) is 150 Å². The zero-order chi connectivity index (χ0) is 53.7. The van der Waals surface area contributed by atoms with Crippen molar-refractivity contribution in [1.29, 1.82) is 0 Å². The minimum Gasteiger partial charge on any atom is -0.508 e. The SMILES string of the molecule is C#Cc1c(F)ccc2cc(O)cc(-c3ncc4c(N5CC6CCC(C5)N6)nc(OC[C@@]56CCC(COC)N5CC(=C)C6)nc4c3F)c12.CNC(=O)C(CCC=O)N1C(=O)c2cccc(NCCCCCNC=O)c2C1=O. The van der Waals surface area contributed by atoms with Crippen molar-refractivity contribution < 1.29 is 47.3 Å². The number of nitrogens with one attached hydrogen (secondary N) is 4. The Labute approximate surface area is 439 Å². The molecule has 5 N–H and O–H groups in total. The Balaban J connectivity index is 0.000000210. The van der Waals surface area contributed by atoms with Crippen molar-refractivity contribution in [3.05, 3.63) is 89.1 Å². The molecule has 4 fully saturated rings. The predicted molar refractivity (Wildman–Crippen MR) is 282 cm³/mol. The third-order valence-corrected chi connectivity index (χ3v) is 15.2. The van der Waals surface area contributed by atoms with Gasteiger partial charge in [0, 0.05) is 94.3 Å². The number of aldehydes is 1. The van der Waals surface area contributed by atoms with Crippen LogP contribution in [0.2, 0.25) is 0 Å².